The molecule has 0 aliphatic heterocycles. The predicted molar refractivity (Wildman–Crippen MR) is 58.2 cm³/mol. The first-order valence-electron chi connectivity index (χ1n) is 3.60. The van der Waals surface area contributed by atoms with Gasteiger partial charge in [0, 0.05) is 6.42 Å². The average molecular weight is 326 g/mol. The fraction of sp³-hybridized carbons (Fsp3) is 1.00. The zero-order valence-corrected chi connectivity index (χ0v) is 13.4. The molecule has 13 N–H and O–H groups in total. The van der Waals surface area contributed by atoms with E-state index in [4.69, 9.17) is 25.3 Å². The summed E-state index contributed by atoms with van der Waals surface area (Å²) < 4.78 is 21.4. The molecule has 11 nitrogen and oxygen atoms in total. The van der Waals surface area contributed by atoms with Crippen LogP contribution >= 0.6 is 15.2 Å². The van der Waals surface area contributed by atoms with Crippen molar-refractivity contribution in [3.63, 3.8) is 0 Å². The molecule has 0 spiro atoms. The summed E-state index contributed by atoms with van der Waals surface area (Å²) in [5, 5.41) is 5.91. The van der Waals surface area contributed by atoms with Gasteiger partial charge < -0.3 is 46.8 Å². The fourth-order valence-corrected chi connectivity index (χ4v) is 3.06. The molecule has 18 heavy (non-hydrogen) atoms. The van der Waals surface area contributed by atoms with Gasteiger partial charge in [-0.25, -0.2) is 0 Å². The molecule has 0 aromatic rings. The maximum atomic E-state index is 10.7. The molecule has 0 aliphatic rings. The van der Waals surface area contributed by atoms with Crippen molar-refractivity contribution in [3.05, 3.63) is 0 Å². The van der Waals surface area contributed by atoms with E-state index in [9.17, 15) is 14.2 Å². The van der Waals surface area contributed by atoms with Crippen molar-refractivity contribution in [3.8, 4) is 0 Å². The van der Waals surface area contributed by atoms with E-state index in [-0.39, 0.29) is 59.0 Å². The van der Waals surface area contributed by atoms with Gasteiger partial charge in [0.05, 0.1) is 0 Å². The Morgan fingerprint density at radius 2 is 1.22 bits per heavy atom. The van der Waals surface area contributed by atoms with Gasteiger partial charge in [-0.1, -0.05) is 0 Å². The van der Waals surface area contributed by atoms with Gasteiger partial charge in [0.1, 0.15) is 0 Å². The van der Waals surface area contributed by atoms with Gasteiger partial charge in [-0.2, -0.15) is 0 Å². The van der Waals surface area contributed by atoms with Crippen LogP contribution < -0.4 is 35.3 Å². The molecule has 0 aromatic carbocycles. The largest absolute Gasteiger partial charge is 1.00 e. The second kappa shape index (κ2) is 10.8. The number of rotatable bonds is 5. The Morgan fingerprint density at radius 3 is 1.39 bits per heavy atom. The first-order valence-corrected chi connectivity index (χ1v) is 6.82. The van der Waals surface area contributed by atoms with E-state index in [1.54, 1.807) is 0 Å². The molecule has 0 unspecified atom stereocenters. The summed E-state index contributed by atoms with van der Waals surface area (Å²) in [6, 6.07) is 0. The monoisotopic (exact) mass is 326 g/mol. The van der Waals surface area contributed by atoms with Crippen molar-refractivity contribution in [2.75, 3.05) is 6.54 Å². The maximum absolute atomic E-state index is 10.7. The van der Waals surface area contributed by atoms with E-state index in [2.05, 4.69) is 0 Å². The van der Waals surface area contributed by atoms with E-state index in [0.717, 1.165) is 0 Å². The van der Waals surface area contributed by atoms with Gasteiger partial charge in [-0.15, -0.1) is 0 Å². The molecule has 110 valence electrons. The molecule has 0 fully saturated rings. The first kappa shape index (κ1) is 31.5. The number of nitrogens with two attached hydrogens (primary N) is 1. The molecular weight excluding hydrogens is 307 g/mol. The Bertz CT molecular complexity index is 266. The third-order valence-corrected chi connectivity index (χ3v) is 5.53. The van der Waals surface area contributed by atoms with Crippen molar-refractivity contribution >= 4 is 15.2 Å². The zero-order valence-electron chi connectivity index (χ0n) is 9.65. The van der Waals surface area contributed by atoms with E-state index in [1.807, 2.05) is 0 Å². The van der Waals surface area contributed by atoms with Crippen LogP contribution in [0.2, 0.25) is 0 Å². The maximum Gasteiger partial charge on any atom is 1.00 e. The van der Waals surface area contributed by atoms with Crippen molar-refractivity contribution < 1.29 is 79.8 Å². The van der Waals surface area contributed by atoms with Crippen LogP contribution in [0.1, 0.15) is 12.8 Å². The SMILES string of the molecule is NCCCC(O)(P(=O)(O)O)P(=O)(O)O.O.O.O.[Na+]. The summed E-state index contributed by atoms with van der Waals surface area (Å²) in [6.07, 6.45) is -0.856. The third-order valence-electron chi connectivity index (χ3n) is 1.65. The minimum absolute atomic E-state index is 0. The molecule has 0 aliphatic carbocycles. The number of hydrogen-bond donors (Lipinski definition) is 6. The summed E-state index contributed by atoms with van der Waals surface area (Å²) >= 11 is 0. The standard InChI is InChI=1S/C4H13NO7P2.Na.3H2O/c5-3-1-2-4(6,13(7,8)9)14(10,11)12;;;;/h6H,1-3,5H2,(H2,7,8,9)(H2,10,11,12);;3*1H2/q;+1;;;. The van der Waals surface area contributed by atoms with Crippen molar-refractivity contribution in [2.45, 2.75) is 17.9 Å². The Hall–Kier alpha value is 1.10. The van der Waals surface area contributed by atoms with E-state index in [0.29, 0.717) is 0 Å². The minimum Gasteiger partial charge on any atom is -0.412 e. The molecule has 0 aromatic heterocycles. The van der Waals surface area contributed by atoms with E-state index >= 15 is 0 Å². The Morgan fingerprint density at radius 1 is 0.944 bits per heavy atom. The number of hydrogen-bond acceptors (Lipinski definition) is 4. The van der Waals surface area contributed by atoms with Crippen molar-refractivity contribution in [1.82, 2.24) is 0 Å². The van der Waals surface area contributed by atoms with Crippen LogP contribution in [0.3, 0.4) is 0 Å². The second-order valence-electron chi connectivity index (χ2n) is 2.75. The topological polar surface area (TPSA) is 256 Å². The molecule has 0 saturated heterocycles. The van der Waals surface area contributed by atoms with Crippen molar-refractivity contribution in [2.24, 2.45) is 5.73 Å². The van der Waals surface area contributed by atoms with Crippen LogP contribution in [-0.2, 0) is 9.13 Å². The van der Waals surface area contributed by atoms with Crippen LogP contribution in [0.5, 0.6) is 0 Å². The van der Waals surface area contributed by atoms with Crippen molar-refractivity contribution in [1.29, 1.82) is 0 Å². The third kappa shape index (κ3) is 7.63. The summed E-state index contributed by atoms with van der Waals surface area (Å²) in [5.41, 5.74) is 5.01. The van der Waals surface area contributed by atoms with E-state index < -0.39 is 26.7 Å². The molecular formula is C4H19NNaO10P2+. The van der Waals surface area contributed by atoms with E-state index in [1.165, 1.54) is 0 Å². The summed E-state index contributed by atoms with van der Waals surface area (Å²) in [7, 11) is -10.6. The molecule has 0 rings (SSSR count). The summed E-state index contributed by atoms with van der Waals surface area (Å²) in [5.74, 6) is 0. The van der Waals surface area contributed by atoms with Gasteiger partial charge in [-0.05, 0) is 13.0 Å². The smallest absolute Gasteiger partial charge is 0.412 e. The Kier molecular flexibility index (Phi) is 18.9. The Balaban J connectivity index is -0.000000141. The quantitative estimate of drug-likeness (QED) is 0.208. The van der Waals surface area contributed by atoms with Crippen LogP contribution in [0.4, 0.5) is 0 Å². The molecule has 0 amide bonds. The van der Waals surface area contributed by atoms with Crippen LogP contribution in [0.15, 0.2) is 0 Å². The molecule has 14 heteroatoms. The minimum atomic E-state index is -5.30. The Labute approximate surface area is 125 Å². The first-order chi connectivity index (χ1) is 6.06. The van der Waals surface area contributed by atoms with Gasteiger partial charge in [0.25, 0.3) is 5.08 Å². The molecule has 0 saturated carbocycles. The fourth-order valence-electron chi connectivity index (χ4n) is 0.800. The van der Waals surface area contributed by atoms with Gasteiger partial charge in [0.2, 0.25) is 0 Å². The second-order valence-corrected chi connectivity index (χ2v) is 6.76. The molecule has 0 radical (unpaired) electrons. The van der Waals surface area contributed by atoms with Gasteiger partial charge >= 0.3 is 44.7 Å². The van der Waals surface area contributed by atoms with Crippen LogP contribution in [-0.4, -0.2) is 52.7 Å². The molecule has 0 heterocycles. The zero-order chi connectivity index (χ0) is 11.6. The summed E-state index contributed by atoms with van der Waals surface area (Å²) in [4.78, 5) is 34.5. The average Bonchev–Trinajstić information content (AvgIpc) is 1.95. The van der Waals surface area contributed by atoms with Gasteiger partial charge in [-0.3, -0.25) is 9.13 Å². The van der Waals surface area contributed by atoms with Gasteiger partial charge in [0.15, 0.2) is 0 Å². The normalized spacial score (nSPS) is 11.2. The predicted octanol–water partition coefficient (Wildman–Crippen LogP) is -6.74. The summed E-state index contributed by atoms with van der Waals surface area (Å²) in [6.45, 7) is -0.0394. The van der Waals surface area contributed by atoms with Crippen LogP contribution in [0, 0.1) is 0 Å². The number of aliphatic hydroxyl groups is 1. The van der Waals surface area contributed by atoms with Crippen LogP contribution in [0.25, 0.3) is 0 Å². The molecule has 0 bridgehead atoms. The molecule has 0 atom stereocenters.